The molecule has 0 saturated heterocycles. The van der Waals surface area contributed by atoms with Crippen molar-refractivity contribution in [3.8, 4) is 0 Å². The van der Waals surface area contributed by atoms with Crippen molar-refractivity contribution in [2.45, 2.75) is 13.3 Å². The van der Waals surface area contributed by atoms with Crippen molar-refractivity contribution >= 4 is 17.3 Å². The summed E-state index contributed by atoms with van der Waals surface area (Å²) >= 11 is 0. The lowest BCUT2D eigenvalue weighted by molar-refractivity contribution is 0.628. The summed E-state index contributed by atoms with van der Waals surface area (Å²) in [6, 6.07) is 7.78. The van der Waals surface area contributed by atoms with Gasteiger partial charge in [0, 0.05) is 18.2 Å². The zero-order valence-electron chi connectivity index (χ0n) is 9.44. The van der Waals surface area contributed by atoms with E-state index in [4.69, 9.17) is 5.73 Å². The lowest BCUT2D eigenvalue weighted by Gasteiger charge is -2.07. The average Bonchev–Trinajstić information content (AvgIpc) is 2.28. The van der Waals surface area contributed by atoms with Gasteiger partial charge in [-0.05, 0) is 18.2 Å². The van der Waals surface area contributed by atoms with Crippen LogP contribution < -0.4 is 11.1 Å². The van der Waals surface area contributed by atoms with Crippen LogP contribution in [0.2, 0.25) is 0 Å². The van der Waals surface area contributed by atoms with E-state index in [1.807, 2.05) is 6.92 Å². The first kappa shape index (κ1) is 11.3. The summed E-state index contributed by atoms with van der Waals surface area (Å²) in [6.07, 6.45) is 0.697. The van der Waals surface area contributed by atoms with Gasteiger partial charge in [0.1, 0.15) is 23.3 Å². The number of anilines is 3. The van der Waals surface area contributed by atoms with Gasteiger partial charge in [-0.1, -0.05) is 13.0 Å². The number of hydrogen-bond acceptors (Lipinski definition) is 4. The van der Waals surface area contributed by atoms with Crippen LogP contribution in [0.5, 0.6) is 0 Å². The number of nitrogens with one attached hydrogen (secondary N) is 1. The molecular weight excluding hydrogens is 219 g/mol. The van der Waals surface area contributed by atoms with Gasteiger partial charge in [-0.15, -0.1) is 0 Å². The van der Waals surface area contributed by atoms with Gasteiger partial charge in [0.05, 0.1) is 0 Å². The fourth-order valence-electron chi connectivity index (χ4n) is 1.45. The van der Waals surface area contributed by atoms with E-state index >= 15 is 0 Å². The molecule has 3 N–H and O–H groups in total. The van der Waals surface area contributed by atoms with Gasteiger partial charge in [0.2, 0.25) is 0 Å². The monoisotopic (exact) mass is 232 g/mol. The maximum absolute atomic E-state index is 13.0. The molecule has 0 bridgehead atoms. The van der Waals surface area contributed by atoms with E-state index in [1.54, 1.807) is 18.2 Å². The first-order valence-corrected chi connectivity index (χ1v) is 5.33. The van der Waals surface area contributed by atoms with Crippen LogP contribution in [0.25, 0.3) is 0 Å². The smallest absolute Gasteiger partial charge is 0.136 e. The Hall–Kier alpha value is -2.17. The molecule has 0 amide bonds. The second-order valence-electron chi connectivity index (χ2n) is 3.58. The molecule has 2 aromatic rings. The van der Waals surface area contributed by atoms with E-state index in [0.29, 0.717) is 29.6 Å². The van der Waals surface area contributed by atoms with Crippen LogP contribution in [0.1, 0.15) is 12.7 Å². The van der Waals surface area contributed by atoms with Gasteiger partial charge >= 0.3 is 0 Å². The van der Waals surface area contributed by atoms with Crippen molar-refractivity contribution in [1.82, 2.24) is 9.97 Å². The second-order valence-corrected chi connectivity index (χ2v) is 3.58. The largest absolute Gasteiger partial charge is 0.384 e. The molecule has 0 unspecified atom stereocenters. The molecule has 5 heteroatoms. The molecule has 17 heavy (non-hydrogen) atoms. The Kier molecular flexibility index (Phi) is 3.18. The third-order valence-electron chi connectivity index (χ3n) is 2.21. The molecule has 0 spiro atoms. The Morgan fingerprint density at radius 3 is 2.82 bits per heavy atom. The molecule has 1 aromatic carbocycles. The number of halogens is 1. The van der Waals surface area contributed by atoms with Crippen molar-refractivity contribution in [2.24, 2.45) is 0 Å². The molecule has 0 saturated carbocycles. The Morgan fingerprint density at radius 1 is 1.29 bits per heavy atom. The molecule has 0 fully saturated rings. The molecule has 88 valence electrons. The van der Waals surface area contributed by atoms with Gasteiger partial charge < -0.3 is 11.1 Å². The van der Waals surface area contributed by atoms with Gasteiger partial charge in [0.15, 0.2) is 0 Å². The molecule has 0 aliphatic rings. The minimum absolute atomic E-state index is 0.298. The van der Waals surface area contributed by atoms with Crippen molar-refractivity contribution < 1.29 is 4.39 Å². The lowest BCUT2D eigenvalue weighted by Crippen LogP contribution is -2.02. The van der Waals surface area contributed by atoms with Crippen LogP contribution in [0.4, 0.5) is 21.7 Å². The van der Waals surface area contributed by atoms with Crippen molar-refractivity contribution in [3.05, 3.63) is 42.0 Å². The highest BCUT2D eigenvalue weighted by atomic mass is 19.1. The predicted octanol–water partition coefficient (Wildman–Crippen LogP) is 2.50. The topological polar surface area (TPSA) is 63.8 Å². The summed E-state index contributed by atoms with van der Waals surface area (Å²) in [4.78, 5) is 8.32. The molecule has 0 aliphatic carbocycles. The predicted molar refractivity (Wildman–Crippen MR) is 65.5 cm³/mol. The van der Waals surface area contributed by atoms with Crippen LogP contribution in [0, 0.1) is 5.82 Å². The van der Waals surface area contributed by atoms with E-state index in [9.17, 15) is 4.39 Å². The molecule has 1 heterocycles. The SMILES string of the molecule is CCc1nc(N)cc(Nc2cccc(F)c2)n1. The number of hydrogen-bond donors (Lipinski definition) is 2. The molecule has 0 aliphatic heterocycles. The van der Waals surface area contributed by atoms with Crippen LogP contribution in [0.15, 0.2) is 30.3 Å². The third kappa shape index (κ3) is 2.90. The Balaban J connectivity index is 2.26. The van der Waals surface area contributed by atoms with E-state index in [2.05, 4.69) is 15.3 Å². The molecule has 0 radical (unpaired) electrons. The third-order valence-corrected chi connectivity index (χ3v) is 2.21. The van der Waals surface area contributed by atoms with E-state index in [1.165, 1.54) is 12.1 Å². The summed E-state index contributed by atoms with van der Waals surface area (Å²) in [5, 5.41) is 2.99. The van der Waals surface area contributed by atoms with Gasteiger partial charge in [0.25, 0.3) is 0 Å². The zero-order chi connectivity index (χ0) is 12.3. The number of nitrogen functional groups attached to an aromatic ring is 1. The summed E-state index contributed by atoms with van der Waals surface area (Å²) in [5.41, 5.74) is 6.28. The quantitative estimate of drug-likeness (QED) is 0.853. The van der Waals surface area contributed by atoms with E-state index in [-0.39, 0.29) is 5.82 Å². The van der Waals surface area contributed by atoms with Gasteiger partial charge in [-0.25, -0.2) is 14.4 Å². The maximum Gasteiger partial charge on any atom is 0.136 e. The van der Waals surface area contributed by atoms with Crippen molar-refractivity contribution in [2.75, 3.05) is 11.1 Å². The first-order valence-electron chi connectivity index (χ1n) is 5.33. The highest BCUT2D eigenvalue weighted by molar-refractivity contribution is 5.58. The van der Waals surface area contributed by atoms with E-state index in [0.717, 1.165) is 0 Å². The zero-order valence-corrected chi connectivity index (χ0v) is 9.44. The molecule has 0 atom stereocenters. The maximum atomic E-state index is 13.0. The first-order chi connectivity index (χ1) is 8.17. The fourth-order valence-corrected chi connectivity index (χ4v) is 1.45. The van der Waals surface area contributed by atoms with Crippen LogP contribution in [-0.2, 0) is 6.42 Å². The number of rotatable bonds is 3. The summed E-state index contributed by atoms with van der Waals surface area (Å²) in [5.74, 6) is 1.33. The fraction of sp³-hybridized carbons (Fsp3) is 0.167. The van der Waals surface area contributed by atoms with E-state index < -0.39 is 0 Å². The average molecular weight is 232 g/mol. The molecule has 2 rings (SSSR count). The number of aryl methyl sites for hydroxylation is 1. The molecule has 4 nitrogen and oxygen atoms in total. The lowest BCUT2D eigenvalue weighted by atomic mass is 10.3. The van der Waals surface area contributed by atoms with Gasteiger partial charge in [-0.2, -0.15) is 0 Å². The van der Waals surface area contributed by atoms with Crippen LogP contribution in [0.3, 0.4) is 0 Å². The second kappa shape index (κ2) is 4.78. The standard InChI is InChI=1S/C12H13FN4/c1-2-11-16-10(14)7-12(17-11)15-9-5-3-4-8(13)6-9/h3-7H,2H2,1H3,(H3,14,15,16,17). The number of benzene rings is 1. The number of aromatic nitrogens is 2. The number of nitrogens with zero attached hydrogens (tertiary/aromatic N) is 2. The summed E-state index contributed by atoms with van der Waals surface area (Å²) in [6.45, 7) is 1.95. The van der Waals surface area contributed by atoms with Crippen molar-refractivity contribution in [1.29, 1.82) is 0 Å². The number of nitrogens with two attached hydrogens (primary N) is 1. The Bertz CT molecular complexity index is 528. The minimum Gasteiger partial charge on any atom is -0.384 e. The summed E-state index contributed by atoms with van der Waals surface area (Å²) in [7, 11) is 0. The molecule has 1 aromatic heterocycles. The normalized spacial score (nSPS) is 10.2. The van der Waals surface area contributed by atoms with Crippen LogP contribution >= 0.6 is 0 Å². The van der Waals surface area contributed by atoms with Crippen molar-refractivity contribution in [3.63, 3.8) is 0 Å². The minimum atomic E-state index is -0.298. The summed E-state index contributed by atoms with van der Waals surface area (Å²) < 4.78 is 13.0. The molecular formula is C12H13FN4. The van der Waals surface area contributed by atoms with Gasteiger partial charge in [-0.3, -0.25) is 0 Å². The van der Waals surface area contributed by atoms with Crippen LogP contribution in [-0.4, -0.2) is 9.97 Å². The highest BCUT2D eigenvalue weighted by Crippen LogP contribution is 2.17. The highest BCUT2D eigenvalue weighted by Gasteiger charge is 2.02. The Morgan fingerprint density at radius 2 is 2.12 bits per heavy atom. The Labute approximate surface area is 98.7 Å².